The Morgan fingerprint density at radius 2 is 2.15 bits per heavy atom. The summed E-state index contributed by atoms with van der Waals surface area (Å²) in [4.78, 5) is 2.70. The van der Waals surface area contributed by atoms with Crippen molar-refractivity contribution in [2.45, 2.75) is 24.9 Å². The molecule has 2 atom stereocenters. The number of ether oxygens (including phenoxy) is 1. The number of fused-ring (bicyclic) bond motifs is 1. The summed E-state index contributed by atoms with van der Waals surface area (Å²) in [7, 11) is 0. The molecule has 1 N–H and O–H groups in total. The molecule has 13 heavy (non-hydrogen) atoms. The zero-order chi connectivity index (χ0) is 8.67. The molecule has 0 amide bonds. The van der Waals surface area contributed by atoms with Gasteiger partial charge in [-0.2, -0.15) is 0 Å². The van der Waals surface area contributed by atoms with Crippen molar-refractivity contribution in [3.8, 4) is 0 Å². The van der Waals surface area contributed by atoms with Crippen LogP contribution in [0.1, 0.15) is 12.8 Å². The zero-order valence-corrected chi connectivity index (χ0v) is 8.04. The van der Waals surface area contributed by atoms with Crippen LogP contribution >= 0.6 is 0 Å². The Hall–Kier alpha value is -0.120. The van der Waals surface area contributed by atoms with Crippen LogP contribution in [0.3, 0.4) is 0 Å². The van der Waals surface area contributed by atoms with Gasteiger partial charge in [0.2, 0.25) is 0 Å². The molecule has 3 aliphatic heterocycles. The highest BCUT2D eigenvalue weighted by Crippen LogP contribution is 2.31. The minimum atomic E-state index is 0.757. The first-order valence-corrected chi connectivity index (χ1v) is 5.49. The maximum Gasteiger partial charge on any atom is 0.0645 e. The largest absolute Gasteiger partial charge is 0.378 e. The van der Waals surface area contributed by atoms with Crippen LogP contribution in [0.2, 0.25) is 0 Å². The van der Waals surface area contributed by atoms with Gasteiger partial charge in [-0.3, -0.25) is 4.90 Å². The number of nitrogens with zero attached hydrogens (tertiary/aromatic N) is 1. The van der Waals surface area contributed by atoms with Gasteiger partial charge in [0.1, 0.15) is 0 Å². The van der Waals surface area contributed by atoms with E-state index < -0.39 is 0 Å². The van der Waals surface area contributed by atoms with Crippen LogP contribution in [0.25, 0.3) is 0 Å². The number of likely N-dealkylation sites (tertiary alicyclic amines) is 1. The van der Waals surface area contributed by atoms with E-state index in [0.29, 0.717) is 0 Å². The van der Waals surface area contributed by atoms with Gasteiger partial charge in [0.25, 0.3) is 0 Å². The number of nitrogens with one attached hydrogen (secondary N) is 1. The van der Waals surface area contributed by atoms with Crippen molar-refractivity contribution in [2.75, 3.05) is 32.8 Å². The van der Waals surface area contributed by atoms with Crippen molar-refractivity contribution >= 4 is 0 Å². The van der Waals surface area contributed by atoms with E-state index in [9.17, 15) is 0 Å². The summed E-state index contributed by atoms with van der Waals surface area (Å²) in [5.41, 5.74) is 0. The van der Waals surface area contributed by atoms with Crippen LogP contribution in [0.5, 0.6) is 0 Å². The quantitative estimate of drug-likeness (QED) is 0.621. The molecule has 0 radical (unpaired) electrons. The van der Waals surface area contributed by atoms with E-state index in [4.69, 9.17) is 4.74 Å². The summed E-state index contributed by atoms with van der Waals surface area (Å²) in [6, 6.07) is 1.63. The molecular weight excluding hydrogens is 164 g/mol. The van der Waals surface area contributed by atoms with Crippen LogP contribution in [0.4, 0.5) is 0 Å². The van der Waals surface area contributed by atoms with E-state index in [-0.39, 0.29) is 0 Å². The summed E-state index contributed by atoms with van der Waals surface area (Å²) < 4.78 is 5.27. The second-order valence-electron chi connectivity index (χ2n) is 4.54. The molecule has 2 unspecified atom stereocenters. The minimum absolute atomic E-state index is 0.757. The van der Waals surface area contributed by atoms with E-state index in [1.165, 1.54) is 32.5 Å². The van der Waals surface area contributed by atoms with Crippen LogP contribution in [0.15, 0.2) is 0 Å². The van der Waals surface area contributed by atoms with Crippen molar-refractivity contribution < 1.29 is 4.74 Å². The van der Waals surface area contributed by atoms with Crippen molar-refractivity contribution in [1.82, 2.24) is 10.2 Å². The van der Waals surface area contributed by atoms with Crippen LogP contribution in [0, 0.1) is 5.92 Å². The van der Waals surface area contributed by atoms with Gasteiger partial charge in [-0.05, 0) is 38.4 Å². The molecule has 3 saturated heterocycles. The monoisotopic (exact) mass is 182 g/mol. The molecule has 3 nitrogen and oxygen atoms in total. The van der Waals surface area contributed by atoms with Crippen molar-refractivity contribution in [3.63, 3.8) is 0 Å². The van der Waals surface area contributed by atoms with Gasteiger partial charge in [-0.1, -0.05) is 0 Å². The molecular formula is C10H18N2O. The highest BCUT2D eigenvalue weighted by Gasteiger charge is 2.40. The molecule has 0 bridgehead atoms. The first kappa shape index (κ1) is 8.21. The Balaban J connectivity index is 1.68. The fourth-order valence-electron chi connectivity index (χ4n) is 2.99. The van der Waals surface area contributed by atoms with E-state index in [0.717, 1.165) is 31.2 Å². The maximum absolute atomic E-state index is 5.27. The Kier molecular flexibility index (Phi) is 2.04. The SMILES string of the molecule is C1CC2C(CCN2C2COC2)CN1. The Bertz CT molecular complexity index is 193. The second kappa shape index (κ2) is 3.23. The maximum atomic E-state index is 5.27. The average Bonchev–Trinajstić information content (AvgIpc) is 2.47. The lowest BCUT2D eigenvalue weighted by atomic mass is 9.94. The van der Waals surface area contributed by atoms with Gasteiger partial charge >= 0.3 is 0 Å². The summed E-state index contributed by atoms with van der Waals surface area (Å²) >= 11 is 0. The molecule has 3 fully saturated rings. The first-order valence-electron chi connectivity index (χ1n) is 5.49. The third-order valence-corrected chi connectivity index (χ3v) is 3.84. The number of hydrogen-bond donors (Lipinski definition) is 1. The topological polar surface area (TPSA) is 24.5 Å². The Morgan fingerprint density at radius 3 is 2.92 bits per heavy atom. The van der Waals surface area contributed by atoms with Crippen molar-refractivity contribution in [3.05, 3.63) is 0 Å². The number of hydrogen-bond acceptors (Lipinski definition) is 3. The summed E-state index contributed by atoms with van der Waals surface area (Å²) in [6.07, 6.45) is 2.75. The van der Waals surface area contributed by atoms with Crippen LogP contribution < -0.4 is 5.32 Å². The third kappa shape index (κ3) is 1.30. The Labute approximate surface area is 79.4 Å². The molecule has 0 spiro atoms. The molecule has 3 heterocycles. The van der Waals surface area contributed by atoms with E-state index >= 15 is 0 Å². The fourth-order valence-corrected chi connectivity index (χ4v) is 2.99. The lowest BCUT2D eigenvalue weighted by molar-refractivity contribution is -0.0738. The molecule has 0 aromatic carbocycles. The molecule has 0 aromatic rings. The predicted molar refractivity (Wildman–Crippen MR) is 50.7 cm³/mol. The summed E-state index contributed by atoms with van der Waals surface area (Å²) in [5, 5.41) is 3.49. The number of piperidine rings is 1. The van der Waals surface area contributed by atoms with Gasteiger partial charge in [-0.25, -0.2) is 0 Å². The van der Waals surface area contributed by atoms with Crippen LogP contribution in [-0.4, -0.2) is 49.8 Å². The van der Waals surface area contributed by atoms with Gasteiger partial charge in [-0.15, -0.1) is 0 Å². The first-order chi connectivity index (χ1) is 6.45. The lowest BCUT2D eigenvalue weighted by Crippen LogP contribution is -2.54. The predicted octanol–water partition coefficient (Wildman–Crippen LogP) is 0.0690. The second-order valence-corrected chi connectivity index (χ2v) is 4.54. The zero-order valence-electron chi connectivity index (χ0n) is 8.04. The third-order valence-electron chi connectivity index (χ3n) is 3.84. The molecule has 0 saturated carbocycles. The summed E-state index contributed by atoms with van der Waals surface area (Å²) in [5.74, 6) is 0.925. The highest BCUT2D eigenvalue weighted by molar-refractivity contribution is 4.95. The highest BCUT2D eigenvalue weighted by atomic mass is 16.5. The van der Waals surface area contributed by atoms with Gasteiger partial charge in [0, 0.05) is 6.04 Å². The fraction of sp³-hybridized carbons (Fsp3) is 1.00. The van der Waals surface area contributed by atoms with E-state index in [2.05, 4.69) is 10.2 Å². The standard InChI is InChI=1S/C10H18N2O/c1-3-11-5-8-2-4-12(10(1)8)9-6-13-7-9/h8-11H,1-7H2. The lowest BCUT2D eigenvalue weighted by Gasteiger charge is -2.41. The number of rotatable bonds is 1. The van der Waals surface area contributed by atoms with Crippen molar-refractivity contribution in [1.29, 1.82) is 0 Å². The Morgan fingerprint density at radius 1 is 1.23 bits per heavy atom. The molecule has 0 aliphatic carbocycles. The van der Waals surface area contributed by atoms with E-state index in [1.807, 2.05) is 0 Å². The smallest absolute Gasteiger partial charge is 0.0645 e. The van der Waals surface area contributed by atoms with E-state index in [1.54, 1.807) is 0 Å². The minimum Gasteiger partial charge on any atom is -0.378 e. The summed E-state index contributed by atoms with van der Waals surface area (Å²) in [6.45, 7) is 5.73. The van der Waals surface area contributed by atoms with Crippen LogP contribution in [-0.2, 0) is 4.74 Å². The van der Waals surface area contributed by atoms with Gasteiger partial charge in [0.05, 0.1) is 19.3 Å². The van der Waals surface area contributed by atoms with Gasteiger partial charge in [0.15, 0.2) is 0 Å². The average molecular weight is 182 g/mol. The molecule has 0 aromatic heterocycles. The van der Waals surface area contributed by atoms with Crippen molar-refractivity contribution in [2.24, 2.45) is 5.92 Å². The normalized spacial score (nSPS) is 41.5. The van der Waals surface area contributed by atoms with Gasteiger partial charge < -0.3 is 10.1 Å². The molecule has 74 valence electrons. The molecule has 3 heteroatoms. The molecule has 3 aliphatic rings. The molecule has 3 rings (SSSR count).